The minimum Gasteiger partial charge on any atom is -0.619 e. The van der Waals surface area contributed by atoms with Crippen molar-refractivity contribution in [3.63, 3.8) is 0 Å². The molecule has 3 heterocycles. The predicted octanol–water partition coefficient (Wildman–Crippen LogP) is 3.52. The van der Waals surface area contributed by atoms with Crippen molar-refractivity contribution in [2.24, 2.45) is 5.92 Å². The normalized spacial score (nSPS) is 22.8. The Hall–Kier alpha value is -3.17. The Morgan fingerprint density at radius 1 is 1.10 bits per heavy atom. The van der Waals surface area contributed by atoms with Crippen molar-refractivity contribution in [2.75, 3.05) is 19.6 Å². The quantitative estimate of drug-likeness (QED) is 0.365. The Bertz CT molecular complexity index is 1160. The molecule has 1 aromatic carbocycles. The van der Waals surface area contributed by atoms with Crippen molar-refractivity contribution in [3.05, 3.63) is 59.6 Å². The van der Waals surface area contributed by atoms with Crippen molar-refractivity contribution in [3.8, 4) is 11.5 Å². The van der Waals surface area contributed by atoms with Crippen LogP contribution in [-0.4, -0.2) is 64.0 Å². The monoisotopic (exact) mass is 550 g/mol. The molecule has 1 aliphatic carbocycles. The number of piperazine rings is 1. The molecule has 0 bridgehead atoms. The van der Waals surface area contributed by atoms with Gasteiger partial charge in [0.1, 0.15) is 17.3 Å². The van der Waals surface area contributed by atoms with Gasteiger partial charge in [-0.1, -0.05) is 44.7 Å². The molecule has 2 amide bonds. The van der Waals surface area contributed by atoms with Gasteiger partial charge in [0.2, 0.25) is 18.0 Å². The van der Waals surface area contributed by atoms with Gasteiger partial charge in [-0.05, 0) is 61.8 Å². The van der Waals surface area contributed by atoms with Crippen molar-refractivity contribution < 1.29 is 24.2 Å². The zero-order valence-electron chi connectivity index (χ0n) is 23.5. The summed E-state index contributed by atoms with van der Waals surface area (Å²) in [6, 6.07) is 10.3. The van der Waals surface area contributed by atoms with E-state index in [1.807, 2.05) is 29.2 Å². The number of ether oxygens (including phenoxy) is 1. The molecule has 1 spiro atoms. The number of piperidine rings is 1. The topological polar surface area (TPSA) is 109 Å². The number of benzene rings is 1. The van der Waals surface area contributed by atoms with E-state index in [0.29, 0.717) is 48.7 Å². The van der Waals surface area contributed by atoms with Crippen molar-refractivity contribution >= 4 is 11.8 Å². The second-order valence-electron chi connectivity index (χ2n) is 11.6. The van der Waals surface area contributed by atoms with Crippen LogP contribution in [0.2, 0.25) is 0 Å². The van der Waals surface area contributed by atoms with Crippen molar-refractivity contribution in [1.29, 1.82) is 0 Å². The van der Waals surface area contributed by atoms with E-state index in [4.69, 9.17) is 4.74 Å². The lowest BCUT2D eigenvalue weighted by Crippen LogP contribution is -2.75. The zero-order chi connectivity index (χ0) is 28.1. The molecule has 9 nitrogen and oxygen atoms in total. The van der Waals surface area contributed by atoms with E-state index < -0.39 is 17.7 Å². The predicted molar refractivity (Wildman–Crippen MR) is 150 cm³/mol. The standard InChI is InChI=1S/C31H42N4O5/c1-2-3-18-35-29(37)27(28(36)24-8-5-4-6-9-24)32-30(38)31(35)15-19-33(20-16-31)21-23-11-13-25(14-12-23)40-26-10-7-17-34(39)22-26/h7,10-14,17,22,24,27-28,36H,2-6,8-9,15-16,18-21H2,1H3,(H,32,38)/t27-,28-/m1/s1. The van der Waals surface area contributed by atoms with Gasteiger partial charge in [-0.2, -0.15) is 4.73 Å². The maximum atomic E-state index is 13.8. The van der Waals surface area contributed by atoms with Crippen LogP contribution in [0.5, 0.6) is 11.5 Å². The number of likely N-dealkylation sites (tertiary alicyclic amines) is 1. The summed E-state index contributed by atoms with van der Waals surface area (Å²) in [5.74, 6) is 0.981. The first-order chi connectivity index (χ1) is 19.4. The number of unbranched alkanes of at least 4 members (excludes halogenated alkanes) is 1. The van der Waals surface area contributed by atoms with Crippen LogP contribution < -0.4 is 14.8 Å². The van der Waals surface area contributed by atoms with Crippen LogP contribution >= 0.6 is 0 Å². The fourth-order valence-electron chi connectivity index (χ4n) is 6.59. The highest BCUT2D eigenvalue weighted by Crippen LogP contribution is 2.36. The number of nitrogens with one attached hydrogen (secondary N) is 1. The number of aromatic nitrogens is 1. The van der Waals surface area contributed by atoms with E-state index in [-0.39, 0.29) is 17.7 Å². The summed E-state index contributed by atoms with van der Waals surface area (Å²) < 4.78 is 6.48. The van der Waals surface area contributed by atoms with E-state index in [2.05, 4.69) is 17.1 Å². The fourth-order valence-corrected chi connectivity index (χ4v) is 6.59. The number of rotatable bonds is 9. The van der Waals surface area contributed by atoms with Gasteiger partial charge in [0.25, 0.3) is 0 Å². The van der Waals surface area contributed by atoms with Crippen molar-refractivity contribution in [1.82, 2.24) is 15.1 Å². The number of aliphatic hydroxyl groups is 1. The molecule has 0 unspecified atom stereocenters. The molecular weight excluding hydrogens is 508 g/mol. The average Bonchev–Trinajstić information content (AvgIpc) is 2.97. The van der Waals surface area contributed by atoms with Gasteiger partial charge in [0.15, 0.2) is 11.9 Å². The van der Waals surface area contributed by atoms with E-state index in [0.717, 1.165) is 50.6 Å². The van der Waals surface area contributed by atoms with Gasteiger partial charge in [-0.15, -0.1) is 0 Å². The summed E-state index contributed by atoms with van der Waals surface area (Å²) in [6.07, 6.45) is 10.0. The zero-order valence-corrected chi connectivity index (χ0v) is 23.5. The molecule has 3 fully saturated rings. The van der Waals surface area contributed by atoms with Crippen LogP contribution in [-0.2, 0) is 16.1 Å². The average molecular weight is 551 g/mol. The SMILES string of the molecule is CCCCN1C(=O)[C@@H]([C@H](O)C2CCCCC2)NC(=O)C12CCN(Cc1ccc(Oc3ccc[n+]([O-])c3)cc1)CC2. The second kappa shape index (κ2) is 12.6. The minimum absolute atomic E-state index is 0.0689. The van der Waals surface area contributed by atoms with Crippen LogP contribution in [0.1, 0.15) is 70.3 Å². The second-order valence-corrected chi connectivity index (χ2v) is 11.6. The summed E-state index contributed by atoms with van der Waals surface area (Å²) >= 11 is 0. The molecule has 9 heteroatoms. The van der Waals surface area contributed by atoms with E-state index in [9.17, 15) is 19.9 Å². The third-order valence-corrected chi connectivity index (χ3v) is 8.96. The first kappa shape index (κ1) is 28.4. The number of hydrogen-bond donors (Lipinski definition) is 2. The van der Waals surface area contributed by atoms with Gasteiger partial charge in [-0.3, -0.25) is 14.5 Å². The molecule has 40 heavy (non-hydrogen) atoms. The van der Waals surface area contributed by atoms with Crippen LogP contribution in [0.15, 0.2) is 48.8 Å². The lowest BCUT2D eigenvalue weighted by molar-refractivity contribution is -0.605. The molecule has 1 aromatic heterocycles. The van der Waals surface area contributed by atoms with E-state index in [1.54, 1.807) is 12.1 Å². The highest BCUT2D eigenvalue weighted by Gasteiger charge is 2.55. The third kappa shape index (κ3) is 6.10. The Kier molecular flexibility index (Phi) is 8.90. The summed E-state index contributed by atoms with van der Waals surface area (Å²) in [5, 5.41) is 25.6. The van der Waals surface area contributed by atoms with Gasteiger partial charge in [0.05, 0.1) is 6.10 Å². The largest absolute Gasteiger partial charge is 0.619 e. The molecule has 0 radical (unpaired) electrons. The number of pyridine rings is 1. The Morgan fingerprint density at radius 3 is 2.50 bits per heavy atom. The van der Waals surface area contributed by atoms with Crippen LogP contribution in [0.4, 0.5) is 0 Å². The molecule has 2 N–H and O–H groups in total. The highest BCUT2D eigenvalue weighted by atomic mass is 16.5. The van der Waals surface area contributed by atoms with Crippen LogP contribution in [0.3, 0.4) is 0 Å². The number of hydrogen-bond acceptors (Lipinski definition) is 6. The summed E-state index contributed by atoms with van der Waals surface area (Å²) in [4.78, 5) is 31.6. The summed E-state index contributed by atoms with van der Waals surface area (Å²) in [7, 11) is 0. The maximum absolute atomic E-state index is 13.8. The molecule has 216 valence electrons. The molecule has 5 rings (SSSR count). The van der Waals surface area contributed by atoms with Gasteiger partial charge in [-0.25, -0.2) is 0 Å². The molecule has 3 aliphatic rings. The van der Waals surface area contributed by atoms with Gasteiger partial charge in [0, 0.05) is 32.2 Å². The van der Waals surface area contributed by atoms with E-state index in [1.165, 1.54) is 18.8 Å². The van der Waals surface area contributed by atoms with Gasteiger partial charge >= 0.3 is 0 Å². The van der Waals surface area contributed by atoms with Crippen LogP contribution in [0.25, 0.3) is 0 Å². The lowest BCUT2D eigenvalue weighted by Gasteiger charge is -2.52. The molecule has 1 saturated carbocycles. The number of aliphatic hydroxyl groups excluding tert-OH is 1. The first-order valence-electron chi connectivity index (χ1n) is 14.9. The number of carbonyl (C=O) groups is 2. The van der Waals surface area contributed by atoms with Crippen LogP contribution in [0, 0.1) is 11.1 Å². The smallest absolute Gasteiger partial charge is 0.248 e. The molecular formula is C31H42N4O5. The van der Waals surface area contributed by atoms with Crippen molar-refractivity contribution in [2.45, 2.75) is 88.9 Å². The number of nitrogens with zero attached hydrogens (tertiary/aromatic N) is 3. The fraction of sp³-hybridized carbons (Fsp3) is 0.581. The Morgan fingerprint density at radius 2 is 1.82 bits per heavy atom. The summed E-state index contributed by atoms with van der Waals surface area (Å²) in [6.45, 7) is 4.77. The molecule has 2 atom stereocenters. The summed E-state index contributed by atoms with van der Waals surface area (Å²) in [5.41, 5.74) is 0.273. The minimum atomic E-state index is -0.850. The molecule has 2 aromatic rings. The Balaban J connectivity index is 1.22. The Labute approximate surface area is 236 Å². The third-order valence-electron chi connectivity index (χ3n) is 8.96. The molecule has 2 saturated heterocycles. The highest BCUT2D eigenvalue weighted by molar-refractivity contribution is 6.00. The van der Waals surface area contributed by atoms with E-state index >= 15 is 0 Å². The maximum Gasteiger partial charge on any atom is 0.248 e. The van der Waals surface area contributed by atoms with Gasteiger partial charge < -0.3 is 25.3 Å². The number of carbonyl (C=O) groups excluding carboxylic acids is 2. The first-order valence-corrected chi connectivity index (χ1v) is 14.9. The molecule has 2 aliphatic heterocycles. The number of amides is 2. The lowest BCUT2D eigenvalue weighted by atomic mass is 9.78.